The van der Waals surface area contributed by atoms with Crippen LogP contribution in [0.15, 0.2) is 72.9 Å². The van der Waals surface area contributed by atoms with E-state index < -0.39 is 32.5 Å². The minimum atomic E-state index is -4.39. The molecule has 0 saturated heterocycles. The van der Waals surface area contributed by atoms with Crippen LogP contribution in [-0.4, -0.2) is 49.3 Å². The Morgan fingerprint density at radius 2 is 1.02 bits per heavy atom. The molecule has 0 aliphatic heterocycles. The molecule has 1 unspecified atom stereocenters. The van der Waals surface area contributed by atoms with Crippen LogP contribution in [0.5, 0.6) is 0 Å². The number of hydrogen-bond acceptors (Lipinski definition) is 8. The molecule has 0 spiro atoms. The summed E-state index contributed by atoms with van der Waals surface area (Å²) >= 11 is 0. The summed E-state index contributed by atoms with van der Waals surface area (Å²) in [6.45, 7) is 3.53. The number of phosphoric acid groups is 1. The van der Waals surface area contributed by atoms with Crippen LogP contribution in [0.1, 0.15) is 168 Å². The van der Waals surface area contributed by atoms with Gasteiger partial charge in [0.25, 0.3) is 0 Å². The Balaban J connectivity index is 4.27. The third kappa shape index (κ3) is 40.9. The van der Waals surface area contributed by atoms with Gasteiger partial charge in [0, 0.05) is 19.4 Å². The maximum Gasteiger partial charge on any atom is 0.472 e. The Morgan fingerprint density at radius 1 is 0.564 bits per heavy atom. The third-order valence-electron chi connectivity index (χ3n) is 8.58. The van der Waals surface area contributed by atoms with Gasteiger partial charge in [-0.1, -0.05) is 151 Å². The predicted octanol–water partition coefficient (Wildman–Crippen LogP) is 12.3. The summed E-state index contributed by atoms with van der Waals surface area (Å²) in [4.78, 5) is 34.8. The zero-order valence-corrected chi connectivity index (χ0v) is 35.5. The number of unbranched alkanes of at least 4 members (excludes halogenated alkanes) is 14. The van der Waals surface area contributed by atoms with E-state index >= 15 is 0 Å². The fourth-order valence-electron chi connectivity index (χ4n) is 5.43. The van der Waals surface area contributed by atoms with Gasteiger partial charge in [-0.3, -0.25) is 18.6 Å². The zero-order valence-electron chi connectivity index (χ0n) is 34.6. The van der Waals surface area contributed by atoms with Crippen molar-refractivity contribution in [2.24, 2.45) is 5.73 Å². The van der Waals surface area contributed by atoms with Gasteiger partial charge in [0.05, 0.1) is 13.2 Å². The lowest BCUT2D eigenvalue weighted by Crippen LogP contribution is -2.29. The molecule has 0 aromatic rings. The lowest BCUT2D eigenvalue weighted by Gasteiger charge is -2.19. The smallest absolute Gasteiger partial charge is 0.462 e. The van der Waals surface area contributed by atoms with Crippen molar-refractivity contribution in [1.29, 1.82) is 0 Å². The van der Waals surface area contributed by atoms with Crippen molar-refractivity contribution in [1.82, 2.24) is 0 Å². The van der Waals surface area contributed by atoms with Crippen molar-refractivity contribution in [3.63, 3.8) is 0 Å². The first-order valence-electron chi connectivity index (χ1n) is 21.4. The van der Waals surface area contributed by atoms with Crippen molar-refractivity contribution in [3.8, 4) is 0 Å². The Labute approximate surface area is 335 Å². The summed E-state index contributed by atoms with van der Waals surface area (Å²) in [6.07, 6.45) is 49.4. The van der Waals surface area contributed by atoms with Gasteiger partial charge < -0.3 is 20.1 Å². The van der Waals surface area contributed by atoms with Gasteiger partial charge in [-0.15, -0.1) is 0 Å². The molecule has 2 atom stereocenters. The molecule has 0 fully saturated rings. The van der Waals surface area contributed by atoms with Gasteiger partial charge in [-0.05, 0) is 77.0 Å². The molecule has 0 amide bonds. The van der Waals surface area contributed by atoms with Crippen molar-refractivity contribution in [2.45, 2.75) is 174 Å². The van der Waals surface area contributed by atoms with Crippen LogP contribution in [0.2, 0.25) is 0 Å². The van der Waals surface area contributed by atoms with E-state index in [0.29, 0.717) is 12.8 Å². The van der Waals surface area contributed by atoms with Crippen LogP contribution < -0.4 is 5.73 Å². The van der Waals surface area contributed by atoms with Crippen LogP contribution in [0.3, 0.4) is 0 Å². The minimum absolute atomic E-state index is 0.0419. The van der Waals surface area contributed by atoms with Crippen LogP contribution in [0.25, 0.3) is 0 Å². The number of carbonyl (C=O) groups excluding carboxylic acids is 2. The van der Waals surface area contributed by atoms with E-state index in [0.717, 1.165) is 64.2 Å². The molecular weight excluding hydrogens is 713 g/mol. The fourth-order valence-corrected chi connectivity index (χ4v) is 6.19. The van der Waals surface area contributed by atoms with Gasteiger partial charge in [-0.25, -0.2) is 4.57 Å². The van der Waals surface area contributed by atoms with Gasteiger partial charge >= 0.3 is 19.8 Å². The molecule has 0 radical (unpaired) electrons. The van der Waals surface area contributed by atoms with Gasteiger partial charge in [-0.2, -0.15) is 0 Å². The Hall–Kier alpha value is -2.55. The van der Waals surface area contributed by atoms with Crippen molar-refractivity contribution in [2.75, 3.05) is 26.4 Å². The van der Waals surface area contributed by atoms with E-state index in [1.54, 1.807) is 0 Å². The van der Waals surface area contributed by atoms with Crippen LogP contribution >= 0.6 is 7.82 Å². The van der Waals surface area contributed by atoms with Gasteiger partial charge in [0.2, 0.25) is 0 Å². The summed E-state index contributed by atoms with van der Waals surface area (Å²) in [5.41, 5.74) is 5.34. The Morgan fingerprint density at radius 3 is 1.56 bits per heavy atom. The molecule has 316 valence electrons. The lowest BCUT2D eigenvalue weighted by atomic mass is 10.1. The average Bonchev–Trinajstić information content (AvgIpc) is 3.17. The lowest BCUT2D eigenvalue weighted by molar-refractivity contribution is -0.161. The topological polar surface area (TPSA) is 134 Å². The molecule has 10 heteroatoms. The molecule has 0 bridgehead atoms. The molecule has 0 aliphatic carbocycles. The first-order chi connectivity index (χ1) is 26.8. The number of rotatable bonds is 39. The quantitative estimate of drug-likeness (QED) is 0.0270. The Bertz CT molecular complexity index is 1130. The highest BCUT2D eigenvalue weighted by Gasteiger charge is 2.25. The molecule has 0 aromatic carbocycles. The molecule has 55 heavy (non-hydrogen) atoms. The number of phosphoric ester groups is 1. The summed E-state index contributed by atoms with van der Waals surface area (Å²) in [7, 11) is -4.39. The normalized spacial score (nSPS) is 14.0. The highest BCUT2D eigenvalue weighted by atomic mass is 31.2. The number of hydrogen-bond donors (Lipinski definition) is 2. The molecule has 3 N–H and O–H groups in total. The average molecular weight is 792 g/mol. The van der Waals surface area contributed by atoms with Crippen molar-refractivity contribution < 1.29 is 37.6 Å². The van der Waals surface area contributed by atoms with E-state index in [-0.39, 0.29) is 32.6 Å². The van der Waals surface area contributed by atoms with E-state index in [1.807, 2.05) is 6.08 Å². The number of ether oxygens (including phenoxy) is 2. The Kier molecular flexibility index (Phi) is 39.2. The summed E-state index contributed by atoms with van der Waals surface area (Å²) in [5.74, 6) is -0.907. The summed E-state index contributed by atoms with van der Waals surface area (Å²) in [5, 5.41) is 0. The third-order valence-corrected chi connectivity index (χ3v) is 9.56. The molecular formula is C45H78NO8P. The van der Waals surface area contributed by atoms with Crippen LogP contribution in [0, 0.1) is 0 Å². The standard InChI is InChI=1S/C45H78NO8P/c1-3-5-7-9-11-13-15-17-19-21-23-25-27-29-31-33-35-37-44(47)51-41-43(42-53-55(49,50)52-40-39-46)54-45(48)38-36-34-32-30-28-26-24-22-20-18-16-14-12-10-8-6-4-2/h5,7,11,13,17-20,23,25,29,31,43H,3-4,6,8-10,12,14-16,21-22,24,26-28,30,32-42,46H2,1-2H3,(H,49,50)/t43-/m1/s1. The maximum absolute atomic E-state index is 12.6. The second-order valence-electron chi connectivity index (χ2n) is 13.8. The molecule has 0 aliphatic rings. The molecule has 9 nitrogen and oxygen atoms in total. The monoisotopic (exact) mass is 792 g/mol. The number of carbonyl (C=O) groups is 2. The second kappa shape index (κ2) is 41.1. The highest BCUT2D eigenvalue weighted by molar-refractivity contribution is 7.47. The predicted molar refractivity (Wildman–Crippen MR) is 229 cm³/mol. The van der Waals surface area contributed by atoms with Crippen LogP contribution in [0.4, 0.5) is 0 Å². The maximum atomic E-state index is 12.6. The molecule has 0 rings (SSSR count). The van der Waals surface area contributed by atoms with E-state index in [9.17, 15) is 19.0 Å². The summed E-state index contributed by atoms with van der Waals surface area (Å²) < 4.78 is 32.7. The first-order valence-corrected chi connectivity index (χ1v) is 22.9. The van der Waals surface area contributed by atoms with E-state index in [4.69, 9.17) is 24.3 Å². The fraction of sp³-hybridized carbons (Fsp3) is 0.689. The molecule has 0 heterocycles. The van der Waals surface area contributed by atoms with Crippen molar-refractivity contribution >= 4 is 19.8 Å². The highest BCUT2D eigenvalue weighted by Crippen LogP contribution is 2.43. The zero-order chi connectivity index (χ0) is 40.3. The SMILES string of the molecule is CCC=CCC=CCC=CCC=CCC=CCCCC(=O)OC[C@H](COP(=O)(O)OCCN)OC(=O)CCCCCCCCCC=CCCCCCCCC. The van der Waals surface area contributed by atoms with Gasteiger partial charge in [0.15, 0.2) is 6.10 Å². The van der Waals surface area contributed by atoms with E-state index in [1.165, 1.54) is 64.2 Å². The van der Waals surface area contributed by atoms with Crippen LogP contribution in [-0.2, 0) is 32.7 Å². The van der Waals surface area contributed by atoms with Crippen molar-refractivity contribution in [3.05, 3.63) is 72.9 Å². The summed E-state index contributed by atoms with van der Waals surface area (Å²) in [6, 6.07) is 0. The van der Waals surface area contributed by atoms with E-state index in [2.05, 4.69) is 80.7 Å². The molecule has 0 aromatic heterocycles. The minimum Gasteiger partial charge on any atom is -0.462 e. The number of nitrogens with two attached hydrogens (primary N) is 1. The number of allylic oxidation sites excluding steroid dienone is 12. The first kappa shape index (κ1) is 52.5. The largest absolute Gasteiger partial charge is 0.472 e. The number of esters is 2. The molecule has 0 saturated carbocycles. The second-order valence-corrected chi connectivity index (χ2v) is 15.3. The van der Waals surface area contributed by atoms with Gasteiger partial charge in [0.1, 0.15) is 6.61 Å².